The number of hydrogen-bond donors (Lipinski definition) is 1. The first kappa shape index (κ1) is 11.6. The lowest BCUT2D eigenvalue weighted by atomic mass is 10.1. The molecule has 0 saturated heterocycles. The van der Waals surface area contributed by atoms with Crippen molar-refractivity contribution < 1.29 is 13.0 Å². The minimum Gasteiger partial charge on any atom is -0.282 e. The lowest BCUT2D eigenvalue weighted by Crippen LogP contribution is -2.03. The molecule has 16 heavy (non-hydrogen) atoms. The normalized spacial score (nSPS) is 12.1. The maximum Gasteiger partial charge on any atom is 0.294 e. The van der Waals surface area contributed by atoms with Crippen LogP contribution in [0.5, 0.6) is 0 Å². The van der Waals surface area contributed by atoms with Gasteiger partial charge in [0, 0.05) is 0 Å². The van der Waals surface area contributed by atoms with E-state index in [-0.39, 0.29) is 4.90 Å². The van der Waals surface area contributed by atoms with Crippen molar-refractivity contribution in [3.8, 4) is 0 Å². The lowest BCUT2D eigenvalue weighted by Gasteiger charge is -2.06. The first-order chi connectivity index (χ1) is 7.52. The molecule has 1 aromatic carbocycles. The molecule has 3 nitrogen and oxygen atoms in total. The number of benzene rings is 1. The molecule has 0 aliphatic rings. The van der Waals surface area contributed by atoms with Crippen LogP contribution < -0.4 is 0 Å². The SMILES string of the molecule is CCCc1cc2cscc2cc1S(=O)(=O)O. The van der Waals surface area contributed by atoms with Crippen LogP contribution in [-0.4, -0.2) is 13.0 Å². The fourth-order valence-electron chi connectivity index (χ4n) is 1.75. The Morgan fingerprint density at radius 1 is 1.25 bits per heavy atom. The molecule has 1 N–H and O–H groups in total. The van der Waals surface area contributed by atoms with E-state index in [2.05, 4.69) is 0 Å². The second-order valence-electron chi connectivity index (χ2n) is 3.69. The van der Waals surface area contributed by atoms with Gasteiger partial charge in [0.25, 0.3) is 10.1 Å². The average molecular weight is 256 g/mol. The van der Waals surface area contributed by atoms with E-state index < -0.39 is 10.1 Å². The topological polar surface area (TPSA) is 54.4 Å². The molecule has 5 heteroatoms. The summed E-state index contributed by atoms with van der Waals surface area (Å²) in [7, 11) is -4.12. The van der Waals surface area contributed by atoms with Crippen LogP contribution in [0.2, 0.25) is 0 Å². The molecular formula is C11H12O3S2. The third-order valence-corrected chi connectivity index (χ3v) is 4.17. The van der Waals surface area contributed by atoms with Crippen LogP contribution in [-0.2, 0) is 16.5 Å². The van der Waals surface area contributed by atoms with Crippen LogP contribution in [0.4, 0.5) is 0 Å². The molecule has 0 aliphatic heterocycles. The zero-order valence-electron chi connectivity index (χ0n) is 8.80. The van der Waals surface area contributed by atoms with Crippen molar-refractivity contribution in [2.75, 3.05) is 0 Å². The third kappa shape index (κ3) is 2.11. The second kappa shape index (κ2) is 4.16. The fraction of sp³-hybridized carbons (Fsp3) is 0.273. The van der Waals surface area contributed by atoms with E-state index in [1.165, 1.54) is 11.3 Å². The Balaban J connectivity index is 2.72. The maximum atomic E-state index is 11.3. The van der Waals surface area contributed by atoms with Gasteiger partial charge in [-0.15, -0.1) is 0 Å². The minimum absolute atomic E-state index is 0.0419. The van der Waals surface area contributed by atoms with Gasteiger partial charge in [0.2, 0.25) is 0 Å². The van der Waals surface area contributed by atoms with Gasteiger partial charge in [0.05, 0.1) is 4.90 Å². The molecule has 0 amide bonds. The zero-order valence-corrected chi connectivity index (χ0v) is 10.4. The fourth-order valence-corrected chi connectivity index (χ4v) is 3.29. The summed E-state index contributed by atoms with van der Waals surface area (Å²) >= 11 is 1.52. The van der Waals surface area contributed by atoms with Crippen molar-refractivity contribution in [1.29, 1.82) is 0 Å². The molecule has 0 spiro atoms. The van der Waals surface area contributed by atoms with Crippen molar-refractivity contribution in [2.45, 2.75) is 24.7 Å². The molecule has 0 unspecified atom stereocenters. The highest BCUT2D eigenvalue weighted by Crippen LogP contribution is 2.27. The Morgan fingerprint density at radius 2 is 1.88 bits per heavy atom. The summed E-state index contributed by atoms with van der Waals surface area (Å²) in [5, 5.41) is 5.74. The molecule has 2 aromatic rings. The van der Waals surface area contributed by atoms with Gasteiger partial charge in [0.1, 0.15) is 0 Å². The maximum absolute atomic E-state index is 11.3. The van der Waals surface area contributed by atoms with Crippen LogP contribution in [0, 0.1) is 0 Å². The van der Waals surface area contributed by atoms with Gasteiger partial charge < -0.3 is 0 Å². The molecule has 0 saturated carbocycles. The smallest absolute Gasteiger partial charge is 0.282 e. The first-order valence-electron chi connectivity index (χ1n) is 4.98. The van der Waals surface area contributed by atoms with Gasteiger partial charge in [0.15, 0.2) is 0 Å². The highest BCUT2D eigenvalue weighted by atomic mass is 32.2. The summed E-state index contributed by atoms with van der Waals surface area (Å²) < 4.78 is 31.7. The zero-order chi connectivity index (χ0) is 11.8. The summed E-state index contributed by atoms with van der Waals surface area (Å²) in [5.41, 5.74) is 0.691. The molecule has 0 radical (unpaired) electrons. The van der Waals surface area contributed by atoms with Crippen LogP contribution in [0.25, 0.3) is 10.8 Å². The van der Waals surface area contributed by atoms with Crippen LogP contribution >= 0.6 is 11.3 Å². The van der Waals surface area contributed by atoms with Crippen LogP contribution in [0.1, 0.15) is 18.9 Å². The van der Waals surface area contributed by atoms with Crippen molar-refractivity contribution in [2.24, 2.45) is 0 Å². The number of hydrogen-bond acceptors (Lipinski definition) is 3. The van der Waals surface area contributed by atoms with E-state index in [0.29, 0.717) is 12.0 Å². The number of thiophene rings is 1. The largest absolute Gasteiger partial charge is 0.294 e. The number of rotatable bonds is 3. The second-order valence-corrected chi connectivity index (χ2v) is 5.82. The molecule has 1 heterocycles. The van der Waals surface area contributed by atoms with Crippen molar-refractivity contribution in [3.05, 3.63) is 28.5 Å². The lowest BCUT2D eigenvalue weighted by molar-refractivity contribution is 0.482. The summed E-state index contributed by atoms with van der Waals surface area (Å²) in [6.45, 7) is 1.98. The van der Waals surface area contributed by atoms with Gasteiger partial charge in [-0.3, -0.25) is 4.55 Å². The standard InChI is InChI=1S/C11H12O3S2/c1-2-3-8-4-9-6-15-7-10(9)5-11(8)16(12,13)14/h4-7H,2-3H2,1H3,(H,12,13,14). The van der Waals surface area contributed by atoms with Gasteiger partial charge in [-0.1, -0.05) is 13.3 Å². The number of aryl methyl sites for hydroxylation is 1. The summed E-state index contributed by atoms with van der Waals surface area (Å²) in [6, 6.07) is 3.39. The van der Waals surface area contributed by atoms with E-state index in [1.54, 1.807) is 6.07 Å². The molecular weight excluding hydrogens is 244 g/mol. The van der Waals surface area contributed by atoms with Gasteiger partial charge >= 0.3 is 0 Å². The number of fused-ring (bicyclic) bond motifs is 1. The Labute approximate surface area is 98.5 Å². The monoisotopic (exact) mass is 256 g/mol. The van der Waals surface area contributed by atoms with Crippen LogP contribution in [0.3, 0.4) is 0 Å². The van der Waals surface area contributed by atoms with Crippen LogP contribution in [0.15, 0.2) is 27.8 Å². The summed E-state index contributed by atoms with van der Waals surface area (Å²) in [6.07, 6.45) is 1.50. The third-order valence-electron chi connectivity index (χ3n) is 2.45. The highest BCUT2D eigenvalue weighted by molar-refractivity contribution is 7.85. The van der Waals surface area contributed by atoms with Crippen molar-refractivity contribution in [1.82, 2.24) is 0 Å². The summed E-state index contributed by atoms with van der Waals surface area (Å²) in [4.78, 5) is 0.0419. The van der Waals surface area contributed by atoms with E-state index in [0.717, 1.165) is 17.2 Å². The Bertz CT molecular complexity index is 611. The van der Waals surface area contributed by atoms with E-state index in [9.17, 15) is 8.42 Å². The highest BCUT2D eigenvalue weighted by Gasteiger charge is 2.16. The molecule has 0 fully saturated rings. The molecule has 2 rings (SSSR count). The quantitative estimate of drug-likeness (QED) is 0.858. The predicted octanol–water partition coefficient (Wildman–Crippen LogP) is 3.10. The molecule has 0 aliphatic carbocycles. The molecule has 0 atom stereocenters. The van der Waals surface area contributed by atoms with Gasteiger partial charge in [-0.05, 0) is 45.6 Å². The Morgan fingerprint density at radius 3 is 2.44 bits per heavy atom. The van der Waals surface area contributed by atoms with Gasteiger partial charge in [-0.25, -0.2) is 0 Å². The van der Waals surface area contributed by atoms with E-state index in [4.69, 9.17) is 4.55 Å². The summed E-state index contributed by atoms with van der Waals surface area (Å²) in [5.74, 6) is 0. The minimum atomic E-state index is -4.12. The molecule has 1 aromatic heterocycles. The van der Waals surface area contributed by atoms with E-state index >= 15 is 0 Å². The Hall–Kier alpha value is -0.910. The van der Waals surface area contributed by atoms with E-state index in [1.807, 2.05) is 23.8 Å². The average Bonchev–Trinajstić information content (AvgIpc) is 2.62. The molecule has 86 valence electrons. The molecule has 0 bridgehead atoms. The first-order valence-corrected chi connectivity index (χ1v) is 7.37. The van der Waals surface area contributed by atoms with Gasteiger partial charge in [-0.2, -0.15) is 19.8 Å². The van der Waals surface area contributed by atoms with Crippen molar-refractivity contribution >= 4 is 32.2 Å². The predicted molar refractivity (Wildman–Crippen MR) is 65.6 cm³/mol. The van der Waals surface area contributed by atoms with Crippen molar-refractivity contribution in [3.63, 3.8) is 0 Å². The Kier molecular flexibility index (Phi) is 3.01.